The number of thioether (sulfide) groups is 1. The van der Waals surface area contributed by atoms with Gasteiger partial charge in [0, 0.05) is 0 Å². The van der Waals surface area contributed by atoms with Crippen LogP contribution in [0, 0.1) is 0 Å². The first kappa shape index (κ1) is 7.92. The lowest BCUT2D eigenvalue weighted by molar-refractivity contribution is 0.301. The molecule has 0 aromatic carbocycles. The van der Waals surface area contributed by atoms with Crippen molar-refractivity contribution in [3.05, 3.63) is 18.3 Å². The van der Waals surface area contributed by atoms with Crippen molar-refractivity contribution in [2.24, 2.45) is 0 Å². The molecule has 0 spiro atoms. The second kappa shape index (κ2) is 3.35. The van der Waals surface area contributed by atoms with Gasteiger partial charge in [0.15, 0.2) is 0 Å². The first-order valence-electron chi connectivity index (χ1n) is 4.05. The second-order valence-corrected chi connectivity index (χ2v) is 3.68. The van der Waals surface area contributed by atoms with Gasteiger partial charge in [-0.15, -0.1) is 11.8 Å². The van der Waals surface area contributed by atoms with Gasteiger partial charge in [-0.25, -0.2) is 4.98 Å². The van der Waals surface area contributed by atoms with Gasteiger partial charge in [0.05, 0.1) is 17.3 Å². The fraction of sp³-hybridized carbons (Fsp3) is 0.444. The van der Waals surface area contributed by atoms with Crippen LogP contribution in [0.4, 0.5) is 0 Å². The molecule has 1 fully saturated rings. The summed E-state index contributed by atoms with van der Waals surface area (Å²) in [4.78, 5) is 4.22. The lowest BCUT2D eigenvalue weighted by atomic mass is 10.5. The Morgan fingerprint density at radius 2 is 2.33 bits per heavy atom. The molecule has 0 aliphatic heterocycles. The molecule has 1 aliphatic carbocycles. The van der Waals surface area contributed by atoms with Crippen LogP contribution in [0.5, 0.6) is 5.75 Å². The van der Waals surface area contributed by atoms with Crippen molar-refractivity contribution in [2.75, 3.05) is 6.26 Å². The van der Waals surface area contributed by atoms with Gasteiger partial charge in [-0.3, -0.25) is 0 Å². The van der Waals surface area contributed by atoms with Crippen molar-refractivity contribution < 1.29 is 4.74 Å². The Kier molecular flexibility index (Phi) is 2.21. The Morgan fingerprint density at radius 1 is 1.50 bits per heavy atom. The molecule has 0 unspecified atom stereocenters. The molecule has 2 rings (SSSR count). The number of hydrogen-bond acceptors (Lipinski definition) is 3. The van der Waals surface area contributed by atoms with Crippen LogP contribution in [0.15, 0.2) is 23.4 Å². The Balaban J connectivity index is 2.02. The highest BCUT2D eigenvalue weighted by molar-refractivity contribution is 7.98. The Morgan fingerprint density at radius 3 is 2.83 bits per heavy atom. The number of pyridine rings is 1. The average molecular weight is 181 g/mol. The zero-order valence-corrected chi connectivity index (χ0v) is 7.80. The molecule has 0 saturated heterocycles. The largest absolute Gasteiger partial charge is 0.489 e. The molecule has 1 aromatic rings. The zero-order valence-electron chi connectivity index (χ0n) is 6.99. The van der Waals surface area contributed by atoms with Gasteiger partial charge in [-0.05, 0) is 31.2 Å². The standard InChI is InChI=1S/C9H11NOS/c1-12-9-5-4-8(6-10-9)11-7-2-3-7/h4-7H,2-3H2,1H3. The number of nitrogens with zero attached hydrogens (tertiary/aromatic N) is 1. The summed E-state index contributed by atoms with van der Waals surface area (Å²) >= 11 is 1.65. The second-order valence-electron chi connectivity index (χ2n) is 2.85. The maximum atomic E-state index is 5.55. The van der Waals surface area contributed by atoms with Crippen molar-refractivity contribution in [1.29, 1.82) is 0 Å². The SMILES string of the molecule is CSc1ccc(OC2CC2)cn1. The van der Waals surface area contributed by atoms with E-state index in [9.17, 15) is 0 Å². The quantitative estimate of drug-likeness (QED) is 0.668. The third-order valence-electron chi connectivity index (χ3n) is 1.75. The van der Waals surface area contributed by atoms with E-state index >= 15 is 0 Å². The lowest BCUT2D eigenvalue weighted by Gasteiger charge is -2.02. The number of aromatic nitrogens is 1. The van der Waals surface area contributed by atoms with Crippen LogP contribution in [-0.4, -0.2) is 17.3 Å². The molecule has 0 amide bonds. The Bertz CT molecular complexity index is 256. The number of ether oxygens (including phenoxy) is 1. The van der Waals surface area contributed by atoms with Crippen molar-refractivity contribution in [3.63, 3.8) is 0 Å². The number of hydrogen-bond donors (Lipinski definition) is 0. The topological polar surface area (TPSA) is 22.1 Å². The molecule has 1 aliphatic rings. The molecule has 1 saturated carbocycles. The van der Waals surface area contributed by atoms with Crippen LogP contribution in [0.25, 0.3) is 0 Å². The molecule has 1 aromatic heterocycles. The maximum absolute atomic E-state index is 5.55. The van der Waals surface area contributed by atoms with Gasteiger partial charge >= 0.3 is 0 Å². The van der Waals surface area contributed by atoms with E-state index in [0.717, 1.165) is 10.8 Å². The first-order chi connectivity index (χ1) is 5.88. The molecular weight excluding hydrogens is 170 g/mol. The fourth-order valence-corrected chi connectivity index (χ4v) is 1.30. The predicted molar refractivity (Wildman–Crippen MR) is 49.7 cm³/mol. The molecule has 0 N–H and O–H groups in total. The maximum Gasteiger partial charge on any atom is 0.138 e. The minimum Gasteiger partial charge on any atom is -0.489 e. The summed E-state index contributed by atoms with van der Waals surface area (Å²) in [7, 11) is 0. The molecule has 0 bridgehead atoms. The van der Waals surface area contributed by atoms with Crippen molar-refractivity contribution in [2.45, 2.75) is 24.0 Å². The Labute approximate surface area is 76.3 Å². The first-order valence-corrected chi connectivity index (χ1v) is 5.27. The van der Waals surface area contributed by atoms with Crippen LogP contribution in [0.2, 0.25) is 0 Å². The number of rotatable bonds is 3. The third-order valence-corrected chi connectivity index (χ3v) is 2.41. The van der Waals surface area contributed by atoms with Crippen molar-refractivity contribution in [1.82, 2.24) is 4.98 Å². The monoisotopic (exact) mass is 181 g/mol. The van der Waals surface area contributed by atoms with Crippen LogP contribution < -0.4 is 4.74 Å². The molecular formula is C9H11NOS. The molecule has 3 heteroatoms. The molecule has 0 atom stereocenters. The summed E-state index contributed by atoms with van der Waals surface area (Å²) in [6.07, 6.45) is 6.68. The molecule has 12 heavy (non-hydrogen) atoms. The van der Waals surface area contributed by atoms with Gasteiger partial charge in [-0.2, -0.15) is 0 Å². The van der Waals surface area contributed by atoms with Gasteiger partial charge < -0.3 is 4.74 Å². The van der Waals surface area contributed by atoms with E-state index in [0.29, 0.717) is 6.10 Å². The third kappa shape index (κ3) is 1.91. The van der Waals surface area contributed by atoms with E-state index in [4.69, 9.17) is 4.74 Å². The van der Waals surface area contributed by atoms with E-state index in [-0.39, 0.29) is 0 Å². The van der Waals surface area contributed by atoms with Crippen LogP contribution in [0.1, 0.15) is 12.8 Å². The highest BCUT2D eigenvalue weighted by Gasteiger charge is 2.23. The minimum absolute atomic E-state index is 0.465. The molecule has 0 radical (unpaired) electrons. The van der Waals surface area contributed by atoms with Crippen LogP contribution >= 0.6 is 11.8 Å². The van der Waals surface area contributed by atoms with Crippen molar-refractivity contribution in [3.8, 4) is 5.75 Å². The minimum atomic E-state index is 0.465. The summed E-state index contributed by atoms with van der Waals surface area (Å²) in [6, 6.07) is 3.97. The summed E-state index contributed by atoms with van der Waals surface area (Å²) in [5.74, 6) is 0.898. The summed E-state index contributed by atoms with van der Waals surface area (Å²) in [6.45, 7) is 0. The average Bonchev–Trinajstić information content (AvgIpc) is 2.90. The normalized spacial score (nSPS) is 16.1. The van der Waals surface area contributed by atoms with E-state index in [1.807, 2.05) is 18.4 Å². The van der Waals surface area contributed by atoms with Gasteiger partial charge in [0.25, 0.3) is 0 Å². The van der Waals surface area contributed by atoms with Gasteiger partial charge in [0.2, 0.25) is 0 Å². The van der Waals surface area contributed by atoms with E-state index < -0.39 is 0 Å². The highest BCUT2D eigenvalue weighted by Crippen LogP contribution is 2.26. The van der Waals surface area contributed by atoms with Gasteiger partial charge in [-0.1, -0.05) is 0 Å². The van der Waals surface area contributed by atoms with Crippen molar-refractivity contribution >= 4 is 11.8 Å². The lowest BCUT2D eigenvalue weighted by Crippen LogP contribution is -1.95. The fourth-order valence-electron chi connectivity index (χ4n) is 0.936. The van der Waals surface area contributed by atoms with E-state index in [2.05, 4.69) is 4.98 Å². The predicted octanol–water partition coefficient (Wildman–Crippen LogP) is 2.34. The summed E-state index contributed by atoms with van der Waals surface area (Å²) < 4.78 is 5.55. The zero-order chi connectivity index (χ0) is 8.39. The molecule has 2 nitrogen and oxygen atoms in total. The van der Waals surface area contributed by atoms with Crippen LogP contribution in [-0.2, 0) is 0 Å². The highest BCUT2D eigenvalue weighted by atomic mass is 32.2. The Hall–Kier alpha value is -0.700. The summed E-state index contributed by atoms with van der Waals surface area (Å²) in [5, 5.41) is 1.04. The van der Waals surface area contributed by atoms with E-state index in [1.165, 1.54) is 12.8 Å². The van der Waals surface area contributed by atoms with E-state index in [1.54, 1.807) is 18.0 Å². The molecule has 64 valence electrons. The van der Waals surface area contributed by atoms with Crippen LogP contribution in [0.3, 0.4) is 0 Å². The summed E-state index contributed by atoms with van der Waals surface area (Å²) in [5.41, 5.74) is 0. The smallest absolute Gasteiger partial charge is 0.138 e. The van der Waals surface area contributed by atoms with Gasteiger partial charge in [0.1, 0.15) is 5.75 Å². The molecule has 1 heterocycles.